The number of ether oxygens (including phenoxy) is 2. The van der Waals surface area contributed by atoms with E-state index in [1.54, 1.807) is 7.11 Å². The lowest BCUT2D eigenvalue weighted by Crippen LogP contribution is -2.25. The van der Waals surface area contributed by atoms with Gasteiger partial charge >= 0.3 is 0 Å². The molecule has 1 aromatic rings. The number of hydrogen-bond acceptors (Lipinski definition) is 3. The summed E-state index contributed by atoms with van der Waals surface area (Å²) < 4.78 is 11.2. The molecule has 20 heavy (non-hydrogen) atoms. The molecule has 0 amide bonds. The van der Waals surface area contributed by atoms with Crippen molar-refractivity contribution in [3.05, 3.63) is 23.8 Å². The number of aliphatic hydroxyl groups excluding tert-OH is 1. The maximum atomic E-state index is 10.3. The van der Waals surface area contributed by atoms with E-state index in [1.807, 2.05) is 18.2 Å². The van der Waals surface area contributed by atoms with E-state index in [0.29, 0.717) is 6.42 Å². The number of unbranched alkanes of at least 4 members (excludes halogenated alkanes) is 4. The van der Waals surface area contributed by atoms with E-state index in [-0.39, 0.29) is 6.10 Å². The third-order valence-corrected chi connectivity index (χ3v) is 3.99. The van der Waals surface area contributed by atoms with Gasteiger partial charge in [-0.1, -0.05) is 32.6 Å². The summed E-state index contributed by atoms with van der Waals surface area (Å²) >= 11 is 0. The predicted molar refractivity (Wildman–Crippen MR) is 80.4 cm³/mol. The smallest absolute Gasteiger partial charge is 0.125 e. The first-order valence-electron chi connectivity index (χ1n) is 7.77. The fourth-order valence-electron chi connectivity index (χ4n) is 2.78. The number of fused-ring (bicyclic) bond motifs is 1. The Morgan fingerprint density at radius 1 is 1.25 bits per heavy atom. The molecule has 3 heteroatoms. The summed E-state index contributed by atoms with van der Waals surface area (Å²) in [5.41, 5.74) is 0.853. The van der Waals surface area contributed by atoms with E-state index in [9.17, 15) is 5.11 Å². The van der Waals surface area contributed by atoms with Crippen LogP contribution < -0.4 is 9.47 Å². The number of rotatable bonds is 7. The van der Waals surface area contributed by atoms with E-state index in [4.69, 9.17) is 9.47 Å². The van der Waals surface area contributed by atoms with Crippen molar-refractivity contribution < 1.29 is 14.6 Å². The molecule has 0 saturated heterocycles. The molecule has 0 bridgehead atoms. The van der Waals surface area contributed by atoms with Crippen molar-refractivity contribution in [2.24, 2.45) is 0 Å². The zero-order chi connectivity index (χ0) is 14.4. The Morgan fingerprint density at radius 2 is 2.05 bits per heavy atom. The van der Waals surface area contributed by atoms with Gasteiger partial charge in [0.15, 0.2) is 0 Å². The largest absolute Gasteiger partial charge is 0.497 e. The molecular weight excluding hydrogens is 252 g/mol. The highest BCUT2D eigenvalue weighted by Gasteiger charge is 2.26. The molecular formula is C17H26O3. The maximum Gasteiger partial charge on any atom is 0.125 e. The van der Waals surface area contributed by atoms with Gasteiger partial charge in [0.2, 0.25) is 0 Å². The van der Waals surface area contributed by atoms with Crippen molar-refractivity contribution in [1.29, 1.82) is 0 Å². The minimum atomic E-state index is -0.436. The molecule has 2 rings (SSSR count). The van der Waals surface area contributed by atoms with Crippen molar-refractivity contribution >= 4 is 0 Å². The van der Waals surface area contributed by atoms with E-state index in [1.165, 1.54) is 32.1 Å². The zero-order valence-corrected chi connectivity index (χ0v) is 12.6. The zero-order valence-electron chi connectivity index (χ0n) is 12.6. The highest BCUT2D eigenvalue weighted by atomic mass is 16.5. The molecule has 0 radical (unpaired) electrons. The lowest BCUT2D eigenvalue weighted by atomic mass is 9.95. The minimum Gasteiger partial charge on any atom is -0.497 e. The third kappa shape index (κ3) is 3.89. The summed E-state index contributed by atoms with van der Waals surface area (Å²) in [5.74, 6) is 1.58. The van der Waals surface area contributed by atoms with Crippen LogP contribution in [0.3, 0.4) is 0 Å². The van der Waals surface area contributed by atoms with Crippen molar-refractivity contribution in [1.82, 2.24) is 0 Å². The van der Waals surface area contributed by atoms with Gasteiger partial charge in [0.1, 0.15) is 17.6 Å². The summed E-state index contributed by atoms with van der Waals surface area (Å²) in [4.78, 5) is 0. The van der Waals surface area contributed by atoms with Crippen LogP contribution in [0.4, 0.5) is 0 Å². The SMILES string of the molecule is CCCCCCCC1C[C@H](O)c2cc(OC)ccc2O1. The number of hydrogen-bond donors (Lipinski definition) is 1. The van der Waals surface area contributed by atoms with Crippen LogP contribution in [0.25, 0.3) is 0 Å². The van der Waals surface area contributed by atoms with Gasteiger partial charge in [-0.15, -0.1) is 0 Å². The van der Waals surface area contributed by atoms with Crippen molar-refractivity contribution in [3.8, 4) is 11.5 Å². The second-order valence-electron chi connectivity index (χ2n) is 5.60. The van der Waals surface area contributed by atoms with Crippen LogP contribution in [0.15, 0.2) is 18.2 Å². The number of methoxy groups -OCH3 is 1. The molecule has 0 spiro atoms. The normalized spacial score (nSPS) is 21.1. The van der Waals surface area contributed by atoms with Gasteiger partial charge < -0.3 is 14.6 Å². The number of benzene rings is 1. The molecule has 1 unspecified atom stereocenters. The standard InChI is InChI=1S/C17H26O3/c1-3-4-5-6-7-8-14-12-16(18)15-11-13(19-2)9-10-17(15)20-14/h9-11,14,16,18H,3-8,12H2,1-2H3/t14?,16-/m0/s1. The second kappa shape index (κ2) is 7.53. The first-order valence-corrected chi connectivity index (χ1v) is 7.77. The molecule has 3 nitrogen and oxygen atoms in total. The molecule has 0 fully saturated rings. The topological polar surface area (TPSA) is 38.7 Å². The van der Waals surface area contributed by atoms with Gasteiger partial charge in [-0.25, -0.2) is 0 Å². The maximum absolute atomic E-state index is 10.3. The van der Waals surface area contributed by atoms with Gasteiger partial charge in [0.25, 0.3) is 0 Å². The van der Waals surface area contributed by atoms with Crippen LogP contribution in [0.5, 0.6) is 11.5 Å². The summed E-state index contributed by atoms with van der Waals surface area (Å²) in [5, 5.41) is 10.3. The summed E-state index contributed by atoms with van der Waals surface area (Å²) in [6, 6.07) is 5.66. The molecule has 0 saturated carbocycles. The summed E-state index contributed by atoms with van der Waals surface area (Å²) in [6.45, 7) is 2.23. The van der Waals surface area contributed by atoms with Gasteiger partial charge in [0.05, 0.1) is 13.2 Å². The van der Waals surface area contributed by atoms with Crippen molar-refractivity contribution in [2.45, 2.75) is 64.1 Å². The average molecular weight is 278 g/mol. The Hall–Kier alpha value is -1.22. The van der Waals surface area contributed by atoms with Gasteiger partial charge in [0, 0.05) is 12.0 Å². The molecule has 2 atom stereocenters. The lowest BCUT2D eigenvalue weighted by Gasteiger charge is -2.30. The molecule has 112 valence electrons. The lowest BCUT2D eigenvalue weighted by molar-refractivity contribution is 0.0602. The molecule has 1 N–H and O–H groups in total. The third-order valence-electron chi connectivity index (χ3n) is 3.99. The predicted octanol–water partition coefficient (Wildman–Crippen LogP) is 4.24. The fourth-order valence-corrected chi connectivity index (χ4v) is 2.78. The quantitative estimate of drug-likeness (QED) is 0.758. The Bertz CT molecular complexity index is 417. The van der Waals surface area contributed by atoms with Crippen LogP contribution in [-0.2, 0) is 0 Å². The fraction of sp³-hybridized carbons (Fsp3) is 0.647. The average Bonchev–Trinajstić information content (AvgIpc) is 2.47. The molecule has 1 aliphatic heterocycles. The molecule has 0 aliphatic carbocycles. The molecule has 1 heterocycles. The molecule has 0 aromatic heterocycles. The monoisotopic (exact) mass is 278 g/mol. The van der Waals surface area contributed by atoms with Gasteiger partial charge in [-0.2, -0.15) is 0 Å². The Morgan fingerprint density at radius 3 is 2.80 bits per heavy atom. The summed E-state index contributed by atoms with van der Waals surface area (Å²) in [7, 11) is 1.64. The van der Waals surface area contributed by atoms with Crippen LogP contribution in [-0.4, -0.2) is 18.3 Å². The minimum absolute atomic E-state index is 0.146. The number of aliphatic hydroxyl groups is 1. The van der Waals surface area contributed by atoms with E-state index < -0.39 is 6.10 Å². The van der Waals surface area contributed by atoms with Crippen LogP contribution >= 0.6 is 0 Å². The van der Waals surface area contributed by atoms with Gasteiger partial charge in [-0.05, 0) is 31.0 Å². The first-order chi connectivity index (χ1) is 9.74. The van der Waals surface area contributed by atoms with Crippen LogP contribution in [0.1, 0.15) is 63.5 Å². The van der Waals surface area contributed by atoms with E-state index in [2.05, 4.69) is 6.92 Å². The van der Waals surface area contributed by atoms with E-state index >= 15 is 0 Å². The highest BCUT2D eigenvalue weighted by molar-refractivity contribution is 5.43. The first kappa shape index (κ1) is 15.2. The Kier molecular flexibility index (Phi) is 5.72. The van der Waals surface area contributed by atoms with E-state index in [0.717, 1.165) is 23.5 Å². The second-order valence-corrected chi connectivity index (χ2v) is 5.60. The van der Waals surface area contributed by atoms with Crippen molar-refractivity contribution in [2.75, 3.05) is 7.11 Å². The molecule has 1 aliphatic rings. The van der Waals surface area contributed by atoms with Gasteiger partial charge in [-0.3, -0.25) is 0 Å². The highest BCUT2D eigenvalue weighted by Crippen LogP contribution is 2.38. The van der Waals surface area contributed by atoms with Crippen molar-refractivity contribution in [3.63, 3.8) is 0 Å². The Labute approximate surface area is 121 Å². The summed E-state index contributed by atoms with van der Waals surface area (Å²) in [6.07, 6.45) is 7.77. The van der Waals surface area contributed by atoms with Crippen LogP contribution in [0.2, 0.25) is 0 Å². The molecule has 1 aromatic carbocycles. The Balaban J connectivity index is 1.87. The van der Waals surface area contributed by atoms with Crippen LogP contribution in [0, 0.1) is 0 Å².